The van der Waals surface area contributed by atoms with Crippen LogP contribution in [0, 0.1) is 6.92 Å². The van der Waals surface area contributed by atoms with Gasteiger partial charge in [0.2, 0.25) is 0 Å². The lowest BCUT2D eigenvalue weighted by atomic mass is 9.95. The number of para-hydroxylation sites is 1. The predicted octanol–water partition coefficient (Wildman–Crippen LogP) is 3.96. The molecular weight excluding hydrogens is 230 g/mol. The van der Waals surface area contributed by atoms with Gasteiger partial charge in [-0.3, -0.25) is 0 Å². The summed E-state index contributed by atoms with van der Waals surface area (Å²) in [5.74, 6) is 0. The smallest absolute Gasteiger partial charge is 0.450 e. The molecule has 0 amide bonds. The van der Waals surface area contributed by atoms with Crippen molar-refractivity contribution in [3.05, 3.63) is 29.8 Å². The summed E-state index contributed by atoms with van der Waals surface area (Å²) in [7, 11) is 0. The number of hydrogen-bond donors (Lipinski definition) is 3. The van der Waals surface area contributed by atoms with Crippen molar-refractivity contribution in [2.45, 2.75) is 45.1 Å². The molecule has 1 saturated carbocycles. The summed E-state index contributed by atoms with van der Waals surface area (Å²) in [6.45, 7) is 2.17. The Morgan fingerprint density at radius 3 is 2.28 bits per heavy atom. The van der Waals surface area contributed by atoms with Crippen LogP contribution in [0.1, 0.15) is 37.7 Å². The maximum Gasteiger partial charge on any atom is 0.503 e. The van der Waals surface area contributed by atoms with Gasteiger partial charge in [0.15, 0.2) is 0 Å². The monoisotopic (exact) mass is 251 g/mol. The van der Waals surface area contributed by atoms with Gasteiger partial charge in [0.1, 0.15) is 0 Å². The zero-order valence-electron chi connectivity index (χ0n) is 10.7. The summed E-state index contributed by atoms with van der Waals surface area (Å²) in [5, 5.41) is 17.6. The van der Waals surface area contributed by atoms with Gasteiger partial charge >= 0.3 is 6.16 Å². The van der Waals surface area contributed by atoms with Crippen molar-refractivity contribution >= 4 is 11.8 Å². The van der Waals surface area contributed by atoms with Crippen LogP contribution < -0.4 is 5.32 Å². The minimum Gasteiger partial charge on any atom is -0.450 e. The van der Waals surface area contributed by atoms with Gasteiger partial charge in [-0.05, 0) is 31.4 Å². The number of carbonyl (C=O) groups is 1. The van der Waals surface area contributed by atoms with E-state index in [1.165, 1.54) is 43.4 Å². The average Bonchev–Trinajstić information content (AvgIpc) is 2.33. The lowest BCUT2D eigenvalue weighted by molar-refractivity contribution is 0.137. The first-order valence-electron chi connectivity index (χ1n) is 6.33. The van der Waals surface area contributed by atoms with Crippen molar-refractivity contribution in [3.63, 3.8) is 0 Å². The molecule has 1 fully saturated rings. The number of aryl methyl sites for hydroxylation is 1. The quantitative estimate of drug-likeness (QED) is 0.744. The fraction of sp³-hybridized carbons (Fsp3) is 0.500. The maximum atomic E-state index is 8.56. The normalized spacial score (nSPS) is 15.4. The van der Waals surface area contributed by atoms with Gasteiger partial charge in [0.05, 0.1) is 0 Å². The van der Waals surface area contributed by atoms with Crippen molar-refractivity contribution in [2.24, 2.45) is 0 Å². The van der Waals surface area contributed by atoms with E-state index in [9.17, 15) is 0 Å². The molecule has 0 unspecified atom stereocenters. The van der Waals surface area contributed by atoms with E-state index in [-0.39, 0.29) is 0 Å². The summed E-state index contributed by atoms with van der Waals surface area (Å²) in [4.78, 5) is 8.56. The van der Waals surface area contributed by atoms with Crippen LogP contribution >= 0.6 is 0 Å². The van der Waals surface area contributed by atoms with Crippen LogP contribution in [0.15, 0.2) is 24.3 Å². The molecule has 0 aromatic heterocycles. The third-order valence-electron chi connectivity index (χ3n) is 3.11. The minimum atomic E-state index is -1.83. The summed E-state index contributed by atoms with van der Waals surface area (Å²) in [6.07, 6.45) is 5.06. The Bertz CT molecular complexity index is 369. The second kappa shape index (κ2) is 7.58. The molecular formula is C14H21NO3. The molecule has 3 N–H and O–H groups in total. The number of nitrogens with one attached hydrogen (secondary N) is 1. The predicted molar refractivity (Wildman–Crippen MR) is 72.3 cm³/mol. The Morgan fingerprint density at radius 2 is 1.72 bits per heavy atom. The standard InChI is InChI=1S/C13H19N.CH2O3/c1-11-7-5-6-10-13(11)14-12-8-3-2-4-9-12;2-1(3)4/h5-7,10,12,14H,2-4,8-9H2,1H3;(H2,2,3,4). The zero-order chi connectivity index (χ0) is 13.4. The summed E-state index contributed by atoms with van der Waals surface area (Å²) >= 11 is 0. The molecule has 4 heteroatoms. The van der Waals surface area contributed by atoms with Crippen molar-refractivity contribution in [3.8, 4) is 0 Å². The number of carboxylic acid groups (broad SMARTS) is 2. The van der Waals surface area contributed by atoms with Crippen molar-refractivity contribution < 1.29 is 15.0 Å². The first-order valence-corrected chi connectivity index (χ1v) is 6.33. The van der Waals surface area contributed by atoms with Gasteiger partial charge in [-0.2, -0.15) is 0 Å². The van der Waals surface area contributed by atoms with Crippen molar-refractivity contribution in [1.29, 1.82) is 0 Å². The van der Waals surface area contributed by atoms with Gasteiger partial charge in [-0.15, -0.1) is 0 Å². The van der Waals surface area contributed by atoms with Crippen LogP contribution in [-0.2, 0) is 0 Å². The fourth-order valence-corrected chi connectivity index (χ4v) is 2.20. The second-order valence-electron chi connectivity index (χ2n) is 4.58. The number of anilines is 1. The van der Waals surface area contributed by atoms with E-state index < -0.39 is 6.16 Å². The summed E-state index contributed by atoms with van der Waals surface area (Å²) < 4.78 is 0. The number of rotatable bonds is 2. The van der Waals surface area contributed by atoms with Gasteiger partial charge < -0.3 is 15.5 Å². The Balaban J connectivity index is 0.000000357. The molecule has 0 radical (unpaired) electrons. The third-order valence-corrected chi connectivity index (χ3v) is 3.11. The van der Waals surface area contributed by atoms with E-state index in [0.29, 0.717) is 6.04 Å². The maximum absolute atomic E-state index is 8.56. The van der Waals surface area contributed by atoms with Crippen LogP contribution in [0.3, 0.4) is 0 Å². The van der Waals surface area contributed by atoms with Gasteiger partial charge in [-0.25, -0.2) is 4.79 Å². The van der Waals surface area contributed by atoms with Crippen molar-refractivity contribution in [1.82, 2.24) is 0 Å². The Labute approximate surface area is 108 Å². The van der Waals surface area contributed by atoms with Crippen LogP contribution in [0.25, 0.3) is 0 Å². The first kappa shape index (κ1) is 14.4. The molecule has 1 aromatic rings. The van der Waals surface area contributed by atoms with Crippen LogP contribution in [0.2, 0.25) is 0 Å². The molecule has 1 aliphatic rings. The van der Waals surface area contributed by atoms with E-state index >= 15 is 0 Å². The van der Waals surface area contributed by atoms with E-state index in [1.807, 2.05) is 0 Å². The Kier molecular flexibility index (Phi) is 6.05. The molecule has 1 aromatic carbocycles. The average molecular weight is 251 g/mol. The molecule has 0 aliphatic heterocycles. The molecule has 0 spiro atoms. The third kappa shape index (κ3) is 5.57. The van der Waals surface area contributed by atoms with Gasteiger partial charge in [-0.1, -0.05) is 37.5 Å². The number of benzene rings is 1. The molecule has 2 rings (SSSR count). The lowest BCUT2D eigenvalue weighted by Crippen LogP contribution is -2.22. The molecule has 0 heterocycles. The molecule has 0 atom stereocenters. The Morgan fingerprint density at radius 1 is 1.17 bits per heavy atom. The largest absolute Gasteiger partial charge is 0.503 e. The fourth-order valence-electron chi connectivity index (χ4n) is 2.20. The Hall–Kier alpha value is -1.71. The highest BCUT2D eigenvalue weighted by Crippen LogP contribution is 2.23. The first-order chi connectivity index (χ1) is 8.59. The lowest BCUT2D eigenvalue weighted by Gasteiger charge is -2.24. The van der Waals surface area contributed by atoms with Crippen molar-refractivity contribution in [2.75, 3.05) is 5.32 Å². The second-order valence-corrected chi connectivity index (χ2v) is 4.58. The summed E-state index contributed by atoms with van der Waals surface area (Å²) in [5.41, 5.74) is 2.68. The zero-order valence-corrected chi connectivity index (χ0v) is 10.7. The summed E-state index contributed by atoms with van der Waals surface area (Å²) in [6, 6.07) is 9.28. The topological polar surface area (TPSA) is 69.6 Å². The molecule has 1 aliphatic carbocycles. The van der Waals surface area contributed by atoms with Crippen LogP contribution in [-0.4, -0.2) is 22.4 Å². The van der Waals surface area contributed by atoms with E-state index in [4.69, 9.17) is 15.0 Å². The highest BCUT2D eigenvalue weighted by atomic mass is 16.6. The molecule has 0 bridgehead atoms. The van der Waals surface area contributed by atoms with Gasteiger partial charge in [0, 0.05) is 11.7 Å². The van der Waals surface area contributed by atoms with E-state index in [0.717, 1.165) is 0 Å². The highest BCUT2D eigenvalue weighted by molar-refractivity contribution is 5.53. The molecule has 100 valence electrons. The highest BCUT2D eigenvalue weighted by Gasteiger charge is 2.13. The van der Waals surface area contributed by atoms with Crippen LogP contribution in [0.5, 0.6) is 0 Å². The van der Waals surface area contributed by atoms with E-state index in [1.54, 1.807) is 0 Å². The SMILES string of the molecule is Cc1ccccc1NC1CCCCC1.O=C(O)O. The molecule has 0 saturated heterocycles. The number of hydrogen-bond acceptors (Lipinski definition) is 2. The van der Waals surface area contributed by atoms with Gasteiger partial charge in [0.25, 0.3) is 0 Å². The minimum absolute atomic E-state index is 0.713. The van der Waals surface area contributed by atoms with E-state index in [2.05, 4.69) is 36.5 Å². The molecule has 18 heavy (non-hydrogen) atoms. The van der Waals surface area contributed by atoms with Crippen LogP contribution in [0.4, 0.5) is 10.5 Å². The molecule has 4 nitrogen and oxygen atoms in total.